The first-order chi connectivity index (χ1) is 9.38. The van der Waals surface area contributed by atoms with Crippen LogP contribution < -0.4 is 5.32 Å². The van der Waals surface area contributed by atoms with Crippen molar-refractivity contribution in [2.24, 2.45) is 0 Å². The van der Waals surface area contributed by atoms with Crippen LogP contribution in [0.3, 0.4) is 0 Å². The topological polar surface area (TPSA) is 25.2 Å². The highest BCUT2D eigenvalue weighted by Crippen LogP contribution is 2.25. The number of furan rings is 1. The molecule has 108 valence electrons. The summed E-state index contributed by atoms with van der Waals surface area (Å²) in [5.74, 6) is 0.975. The summed E-state index contributed by atoms with van der Waals surface area (Å²) < 4.78 is 5.43. The van der Waals surface area contributed by atoms with E-state index in [9.17, 15) is 0 Å². The summed E-state index contributed by atoms with van der Waals surface area (Å²) >= 11 is 0. The van der Waals surface area contributed by atoms with Crippen molar-refractivity contribution in [1.82, 2.24) is 5.32 Å². The summed E-state index contributed by atoms with van der Waals surface area (Å²) in [6.45, 7) is 11.0. The lowest BCUT2D eigenvalue weighted by molar-refractivity contribution is 0.403. The van der Waals surface area contributed by atoms with E-state index in [1.54, 1.807) is 6.26 Å². The van der Waals surface area contributed by atoms with Crippen LogP contribution in [0.15, 0.2) is 47.1 Å². The van der Waals surface area contributed by atoms with E-state index in [1.165, 1.54) is 11.1 Å². The van der Waals surface area contributed by atoms with Gasteiger partial charge in [-0.3, -0.25) is 0 Å². The Bertz CT molecular complexity index is 520. The Morgan fingerprint density at radius 3 is 2.10 bits per heavy atom. The van der Waals surface area contributed by atoms with Crippen LogP contribution in [0.4, 0.5) is 0 Å². The summed E-state index contributed by atoms with van der Waals surface area (Å²) in [5, 5.41) is 3.56. The van der Waals surface area contributed by atoms with Crippen molar-refractivity contribution in [1.29, 1.82) is 0 Å². The normalized spacial score (nSPS) is 15.1. The molecule has 0 bridgehead atoms. The molecule has 0 aliphatic heterocycles. The van der Waals surface area contributed by atoms with Gasteiger partial charge in [-0.15, -0.1) is 0 Å². The summed E-state index contributed by atoms with van der Waals surface area (Å²) in [6, 6.07) is 13.3. The fraction of sp³-hybridized carbons (Fsp3) is 0.444. The predicted molar refractivity (Wildman–Crippen MR) is 83.8 cm³/mol. The zero-order valence-electron chi connectivity index (χ0n) is 13.1. The molecule has 1 N–H and O–H groups in total. The molecule has 0 aliphatic rings. The van der Waals surface area contributed by atoms with Crippen LogP contribution in [0.5, 0.6) is 0 Å². The first kappa shape index (κ1) is 14.9. The van der Waals surface area contributed by atoms with Gasteiger partial charge in [-0.1, -0.05) is 45.0 Å². The Hall–Kier alpha value is -1.54. The van der Waals surface area contributed by atoms with Gasteiger partial charge in [0.1, 0.15) is 5.76 Å². The van der Waals surface area contributed by atoms with Gasteiger partial charge >= 0.3 is 0 Å². The van der Waals surface area contributed by atoms with E-state index in [0.29, 0.717) is 6.04 Å². The van der Waals surface area contributed by atoms with Gasteiger partial charge in [-0.25, -0.2) is 0 Å². The lowest BCUT2D eigenvalue weighted by Gasteiger charge is -2.22. The highest BCUT2D eigenvalue weighted by atomic mass is 16.3. The highest BCUT2D eigenvalue weighted by Gasteiger charge is 2.16. The largest absolute Gasteiger partial charge is 0.468 e. The van der Waals surface area contributed by atoms with Crippen molar-refractivity contribution in [2.45, 2.75) is 52.1 Å². The number of benzene rings is 1. The summed E-state index contributed by atoms with van der Waals surface area (Å²) in [7, 11) is 0. The zero-order chi connectivity index (χ0) is 14.8. The van der Waals surface area contributed by atoms with E-state index in [0.717, 1.165) is 5.76 Å². The minimum absolute atomic E-state index is 0.205. The first-order valence-corrected chi connectivity index (χ1v) is 7.28. The number of rotatable bonds is 4. The maximum Gasteiger partial charge on any atom is 0.120 e. The molecule has 2 aromatic rings. The van der Waals surface area contributed by atoms with E-state index in [1.807, 2.05) is 12.1 Å². The molecule has 0 saturated heterocycles. The third-order valence-electron chi connectivity index (χ3n) is 3.75. The lowest BCUT2D eigenvalue weighted by Crippen LogP contribution is -2.22. The van der Waals surface area contributed by atoms with E-state index >= 15 is 0 Å². The molecule has 2 atom stereocenters. The van der Waals surface area contributed by atoms with E-state index in [-0.39, 0.29) is 11.5 Å². The molecule has 1 unspecified atom stereocenters. The molecule has 0 spiro atoms. The molecule has 0 amide bonds. The minimum atomic E-state index is 0.205. The molecule has 2 nitrogen and oxygen atoms in total. The molecule has 1 heterocycles. The van der Waals surface area contributed by atoms with Gasteiger partial charge in [0.2, 0.25) is 0 Å². The number of hydrogen-bond donors (Lipinski definition) is 1. The van der Waals surface area contributed by atoms with Gasteiger partial charge in [0, 0.05) is 6.04 Å². The predicted octanol–water partition coefficient (Wildman–Crippen LogP) is 4.99. The van der Waals surface area contributed by atoms with Crippen LogP contribution in [0.25, 0.3) is 0 Å². The highest BCUT2D eigenvalue weighted by molar-refractivity contribution is 5.29. The van der Waals surface area contributed by atoms with Crippen molar-refractivity contribution in [3.8, 4) is 0 Å². The van der Waals surface area contributed by atoms with Crippen molar-refractivity contribution >= 4 is 0 Å². The van der Waals surface area contributed by atoms with Crippen LogP contribution in [-0.4, -0.2) is 0 Å². The zero-order valence-corrected chi connectivity index (χ0v) is 13.1. The van der Waals surface area contributed by atoms with Crippen molar-refractivity contribution in [3.05, 3.63) is 59.5 Å². The maximum absolute atomic E-state index is 5.43. The average Bonchev–Trinajstić information content (AvgIpc) is 2.91. The summed E-state index contributed by atoms with van der Waals surface area (Å²) in [6.07, 6.45) is 1.72. The Balaban J connectivity index is 2.04. The van der Waals surface area contributed by atoms with Gasteiger partial charge in [0.25, 0.3) is 0 Å². The third kappa shape index (κ3) is 3.51. The average molecular weight is 271 g/mol. The maximum atomic E-state index is 5.43. The van der Waals surface area contributed by atoms with E-state index in [2.05, 4.69) is 64.2 Å². The van der Waals surface area contributed by atoms with Crippen LogP contribution in [-0.2, 0) is 5.41 Å². The van der Waals surface area contributed by atoms with Crippen LogP contribution in [0, 0.1) is 0 Å². The molecule has 0 radical (unpaired) electrons. The van der Waals surface area contributed by atoms with Crippen LogP contribution in [0.1, 0.15) is 63.6 Å². The van der Waals surface area contributed by atoms with Gasteiger partial charge in [0.15, 0.2) is 0 Å². The van der Waals surface area contributed by atoms with Gasteiger partial charge in [-0.05, 0) is 42.5 Å². The van der Waals surface area contributed by atoms with Crippen LogP contribution >= 0.6 is 0 Å². The van der Waals surface area contributed by atoms with Gasteiger partial charge in [-0.2, -0.15) is 0 Å². The van der Waals surface area contributed by atoms with Gasteiger partial charge < -0.3 is 9.73 Å². The second kappa shape index (κ2) is 5.84. The molecule has 2 heteroatoms. The fourth-order valence-electron chi connectivity index (χ4n) is 2.36. The third-order valence-corrected chi connectivity index (χ3v) is 3.75. The standard InChI is InChI=1S/C18H25NO/c1-13(19-14(2)17-7-6-12-20-17)15-8-10-16(11-9-15)18(3,4)5/h6-14,19H,1-5H3/t13?,14-/m0/s1. The molecule has 1 aromatic heterocycles. The molecular weight excluding hydrogens is 246 g/mol. The fourth-order valence-corrected chi connectivity index (χ4v) is 2.36. The first-order valence-electron chi connectivity index (χ1n) is 7.28. The molecule has 1 aromatic carbocycles. The number of hydrogen-bond acceptors (Lipinski definition) is 2. The second-order valence-corrected chi connectivity index (χ2v) is 6.50. The molecule has 0 fully saturated rings. The number of nitrogens with one attached hydrogen (secondary N) is 1. The molecule has 20 heavy (non-hydrogen) atoms. The lowest BCUT2D eigenvalue weighted by atomic mass is 9.86. The second-order valence-electron chi connectivity index (χ2n) is 6.50. The summed E-state index contributed by atoms with van der Waals surface area (Å²) in [5.41, 5.74) is 2.88. The van der Waals surface area contributed by atoms with Gasteiger partial charge in [0.05, 0.1) is 12.3 Å². The molecular formula is C18H25NO. The monoisotopic (exact) mass is 271 g/mol. The Morgan fingerprint density at radius 2 is 1.60 bits per heavy atom. The smallest absolute Gasteiger partial charge is 0.120 e. The SMILES string of the molecule is CC(N[C@@H](C)c1ccco1)c1ccc(C(C)(C)C)cc1. The van der Waals surface area contributed by atoms with Crippen molar-refractivity contribution in [3.63, 3.8) is 0 Å². The Labute approximate surface area is 122 Å². The van der Waals surface area contributed by atoms with Crippen molar-refractivity contribution in [2.75, 3.05) is 0 Å². The van der Waals surface area contributed by atoms with E-state index in [4.69, 9.17) is 4.42 Å². The Kier molecular flexibility index (Phi) is 4.34. The quantitative estimate of drug-likeness (QED) is 0.847. The molecule has 0 saturated carbocycles. The summed E-state index contributed by atoms with van der Waals surface area (Å²) in [4.78, 5) is 0. The Morgan fingerprint density at radius 1 is 0.950 bits per heavy atom. The molecule has 0 aliphatic carbocycles. The molecule has 2 rings (SSSR count). The van der Waals surface area contributed by atoms with Crippen LogP contribution in [0.2, 0.25) is 0 Å². The van der Waals surface area contributed by atoms with E-state index < -0.39 is 0 Å². The minimum Gasteiger partial charge on any atom is -0.468 e. The van der Waals surface area contributed by atoms with Crippen molar-refractivity contribution < 1.29 is 4.42 Å².